The molecule has 1 saturated heterocycles. The van der Waals surface area contributed by atoms with E-state index >= 15 is 0 Å². The molecule has 1 N–H and O–H groups in total. The molecule has 0 spiro atoms. The molecule has 1 aliphatic rings. The molecule has 7 nitrogen and oxygen atoms in total. The van der Waals surface area contributed by atoms with Crippen LogP contribution in [-0.4, -0.2) is 44.1 Å². The summed E-state index contributed by atoms with van der Waals surface area (Å²) < 4.78 is 1.68. The fourth-order valence-corrected chi connectivity index (χ4v) is 6.32. The Kier molecular flexibility index (Phi) is 7.65. The molecule has 1 aliphatic heterocycles. The molecule has 0 bridgehead atoms. The maximum absolute atomic E-state index is 13.6. The first-order chi connectivity index (χ1) is 19.5. The molecule has 0 unspecified atom stereocenters. The lowest BCUT2D eigenvalue weighted by Gasteiger charge is -2.14. The van der Waals surface area contributed by atoms with Crippen LogP contribution in [-0.2, 0) is 13.0 Å². The first-order valence-corrected chi connectivity index (χ1v) is 14.9. The van der Waals surface area contributed by atoms with Crippen molar-refractivity contribution in [3.05, 3.63) is 86.9 Å². The number of aryl methyl sites for hydroxylation is 2. The third kappa shape index (κ3) is 5.52. The van der Waals surface area contributed by atoms with E-state index < -0.39 is 0 Å². The zero-order chi connectivity index (χ0) is 27.6. The number of hydrogen-bond acceptors (Lipinski definition) is 7. The van der Waals surface area contributed by atoms with E-state index in [2.05, 4.69) is 44.5 Å². The first kappa shape index (κ1) is 26.6. The number of aromatic nitrogens is 4. The van der Waals surface area contributed by atoms with Crippen LogP contribution < -0.4 is 10.9 Å². The van der Waals surface area contributed by atoms with E-state index in [-0.39, 0.29) is 5.56 Å². The number of thiazole rings is 1. The van der Waals surface area contributed by atoms with Gasteiger partial charge in [-0.25, -0.2) is 9.97 Å². The van der Waals surface area contributed by atoms with Gasteiger partial charge in [-0.15, -0.1) is 11.3 Å². The van der Waals surface area contributed by atoms with E-state index in [4.69, 9.17) is 16.6 Å². The molecule has 204 valence electrons. The average molecular weight is 571 g/mol. The fourth-order valence-electron chi connectivity index (χ4n) is 5.26. The van der Waals surface area contributed by atoms with Crippen molar-refractivity contribution in [1.82, 2.24) is 24.4 Å². The Labute approximate surface area is 242 Å². The predicted octanol–water partition coefficient (Wildman–Crippen LogP) is 6.95. The summed E-state index contributed by atoms with van der Waals surface area (Å²) in [6.07, 6.45) is 7.29. The normalized spacial score (nSPS) is 13.8. The number of anilines is 2. The van der Waals surface area contributed by atoms with Gasteiger partial charge in [-0.1, -0.05) is 35.9 Å². The van der Waals surface area contributed by atoms with E-state index in [9.17, 15) is 4.79 Å². The number of nitrogens with one attached hydrogen (secondary N) is 1. The van der Waals surface area contributed by atoms with Crippen LogP contribution in [0.15, 0.2) is 65.7 Å². The third-order valence-corrected chi connectivity index (χ3v) is 8.71. The van der Waals surface area contributed by atoms with Gasteiger partial charge in [0, 0.05) is 52.7 Å². The molecule has 40 heavy (non-hydrogen) atoms. The molecular formula is C31H31ClN6OS. The molecule has 3 aromatic heterocycles. The van der Waals surface area contributed by atoms with Crippen LogP contribution in [0.5, 0.6) is 0 Å². The summed E-state index contributed by atoms with van der Waals surface area (Å²) in [7, 11) is 0. The SMILES string of the molecule is CCn1c(=O)c(-c2ccc(-c3cnc(C)s3)cc2Cl)cc2cnc(Nc3ccc(CCN4CCCC4)cc3)nc21. The molecule has 0 aliphatic carbocycles. The van der Waals surface area contributed by atoms with E-state index in [0.29, 0.717) is 34.3 Å². The lowest BCUT2D eigenvalue weighted by Crippen LogP contribution is -2.22. The Balaban J connectivity index is 1.25. The highest BCUT2D eigenvalue weighted by Crippen LogP contribution is 2.34. The Hall–Kier alpha value is -3.59. The summed E-state index contributed by atoms with van der Waals surface area (Å²) in [6, 6.07) is 16.0. The van der Waals surface area contributed by atoms with Crippen LogP contribution >= 0.6 is 22.9 Å². The highest BCUT2D eigenvalue weighted by Gasteiger charge is 2.16. The lowest BCUT2D eigenvalue weighted by atomic mass is 10.0. The second-order valence-electron chi connectivity index (χ2n) is 10.1. The average Bonchev–Trinajstić information content (AvgIpc) is 3.65. The first-order valence-electron chi connectivity index (χ1n) is 13.7. The maximum atomic E-state index is 13.6. The van der Waals surface area contributed by atoms with Crippen LogP contribution in [0.2, 0.25) is 5.02 Å². The Morgan fingerprint density at radius 3 is 2.50 bits per heavy atom. The van der Waals surface area contributed by atoms with Gasteiger partial charge >= 0.3 is 0 Å². The summed E-state index contributed by atoms with van der Waals surface area (Å²) in [4.78, 5) is 30.8. The van der Waals surface area contributed by atoms with Crippen molar-refractivity contribution < 1.29 is 0 Å². The fraction of sp³-hybridized carbons (Fsp3) is 0.290. The maximum Gasteiger partial charge on any atom is 0.260 e. The number of hydrogen-bond donors (Lipinski definition) is 1. The minimum Gasteiger partial charge on any atom is -0.324 e. The topological polar surface area (TPSA) is 75.9 Å². The largest absolute Gasteiger partial charge is 0.324 e. The van der Waals surface area contributed by atoms with E-state index in [0.717, 1.165) is 39.5 Å². The Morgan fingerprint density at radius 1 is 1.00 bits per heavy atom. The minimum absolute atomic E-state index is 0.134. The number of halogens is 1. The standard InChI is InChI=1S/C31H31ClN6OS/c1-3-38-29-23(16-26(30(38)39)25-11-8-22(17-27(25)32)28-19-33-20(2)40-28)18-34-31(36-29)35-24-9-6-21(7-10-24)12-15-37-13-4-5-14-37/h6-11,16-19H,3-5,12-15H2,1-2H3,(H,34,35,36). The van der Waals surface area contributed by atoms with Crippen LogP contribution in [0.1, 0.15) is 30.3 Å². The van der Waals surface area contributed by atoms with E-state index in [1.807, 2.05) is 44.3 Å². The quantitative estimate of drug-likeness (QED) is 0.218. The van der Waals surface area contributed by atoms with Gasteiger partial charge in [0.05, 0.1) is 9.88 Å². The highest BCUT2D eigenvalue weighted by molar-refractivity contribution is 7.15. The molecule has 5 aromatic rings. The monoisotopic (exact) mass is 570 g/mol. The van der Waals surface area contributed by atoms with Crippen molar-refractivity contribution in [3.8, 4) is 21.6 Å². The minimum atomic E-state index is -0.134. The molecule has 0 amide bonds. The van der Waals surface area contributed by atoms with Crippen molar-refractivity contribution >= 4 is 45.6 Å². The summed E-state index contributed by atoms with van der Waals surface area (Å²) in [5.41, 5.74) is 4.88. The molecule has 6 rings (SSSR count). The summed E-state index contributed by atoms with van der Waals surface area (Å²) in [5.74, 6) is 0.453. The second-order valence-corrected chi connectivity index (χ2v) is 11.8. The zero-order valence-corrected chi connectivity index (χ0v) is 24.2. The number of likely N-dealkylation sites (tertiary alicyclic amines) is 1. The highest BCUT2D eigenvalue weighted by atomic mass is 35.5. The van der Waals surface area contributed by atoms with Crippen molar-refractivity contribution in [2.24, 2.45) is 0 Å². The number of fused-ring (bicyclic) bond motifs is 1. The smallest absolute Gasteiger partial charge is 0.260 e. The number of nitrogens with zero attached hydrogens (tertiary/aromatic N) is 5. The van der Waals surface area contributed by atoms with Crippen molar-refractivity contribution in [2.75, 3.05) is 25.0 Å². The Morgan fingerprint density at radius 2 is 1.80 bits per heavy atom. The third-order valence-electron chi connectivity index (χ3n) is 7.43. The lowest BCUT2D eigenvalue weighted by molar-refractivity contribution is 0.343. The van der Waals surface area contributed by atoms with Gasteiger partial charge in [0.15, 0.2) is 0 Å². The summed E-state index contributed by atoms with van der Waals surface area (Å²) in [5, 5.41) is 5.59. The van der Waals surface area contributed by atoms with Crippen molar-refractivity contribution in [2.45, 2.75) is 39.7 Å². The summed E-state index contributed by atoms with van der Waals surface area (Å²) >= 11 is 8.32. The number of benzene rings is 2. The molecular weight excluding hydrogens is 540 g/mol. The molecule has 4 heterocycles. The second kappa shape index (κ2) is 11.5. The van der Waals surface area contributed by atoms with E-state index in [1.165, 1.54) is 31.5 Å². The molecule has 1 fully saturated rings. The molecule has 0 radical (unpaired) electrons. The van der Waals surface area contributed by atoms with Gasteiger partial charge in [-0.05, 0) is 81.6 Å². The molecule has 0 atom stereocenters. The molecule has 9 heteroatoms. The zero-order valence-electron chi connectivity index (χ0n) is 22.7. The van der Waals surface area contributed by atoms with Crippen molar-refractivity contribution in [3.63, 3.8) is 0 Å². The Bertz CT molecular complexity index is 1720. The summed E-state index contributed by atoms with van der Waals surface area (Å²) in [6.45, 7) is 7.94. The van der Waals surface area contributed by atoms with Gasteiger partial charge in [0.25, 0.3) is 5.56 Å². The van der Waals surface area contributed by atoms with Gasteiger partial charge < -0.3 is 10.2 Å². The predicted molar refractivity (Wildman–Crippen MR) is 165 cm³/mol. The van der Waals surface area contributed by atoms with Crippen LogP contribution in [0.25, 0.3) is 32.6 Å². The van der Waals surface area contributed by atoms with Crippen LogP contribution in [0.4, 0.5) is 11.6 Å². The van der Waals surface area contributed by atoms with Gasteiger partial charge in [0.2, 0.25) is 5.95 Å². The van der Waals surface area contributed by atoms with Gasteiger partial charge in [-0.3, -0.25) is 9.36 Å². The van der Waals surface area contributed by atoms with Crippen molar-refractivity contribution in [1.29, 1.82) is 0 Å². The number of rotatable bonds is 8. The van der Waals surface area contributed by atoms with Crippen LogP contribution in [0, 0.1) is 6.92 Å². The van der Waals surface area contributed by atoms with Gasteiger partial charge in [-0.2, -0.15) is 4.98 Å². The molecule has 0 saturated carbocycles. The molecule has 2 aromatic carbocycles. The van der Waals surface area contributed by atoms with Crippen LogP contribution in [0.3, 0.4) is 0 Å². The van der Waals surface area contributed by atoms with Gasteiger partial charge in [0.1, 0.15) is 5.65 Å². The van der Waals surface area contributed by atoms with E-state index in [1.54, 1.807) is 22.1 Å². The number of pyridine rings is 1.